The van der Waals surface area contributed by atoms with Gasteiger partial charge in [-0.1, -0.05) is 25.4 Å². The summed E-state index contributed by atoms with van der Waals surface area (Å²) in [6.45, 7) is 4.07. The minimum atomic E-state index is 0.111. The van der Waals surface area contributed by atoms with E-state index in [1.165, 1.54) is 12.3 Å². The molecule has 0 aliphatic heterocycles. The molecule has 2 aromatic rings. The number of hydrogen-bond acceptors (Lipinski definition) is 6. The number of phenols is 1. The van der Waals surface area contributed by atoms with Crippen molar-refractivity contribution in [2.24, 2.45) is 5.10 Å². The minimum absolute atomic E-state index is 0.111. The maximum Gasteiger partial charge on any atom is 0.152 e. The van der Waals surface area contributed by atoms with E-state index in [9.17, 15) is 5.11 Å². The van der Waals surface area contributed by atoms with Gasteiger partial charge in [0.05, 0.1) is 6.21 Å². The van der Waals surface area contributed by atoms with Gasteiger partial charge >= 0.3 is 0 Å². The summed E-state index contributed by atoms with van der Waals surface area (Å²) in [6, 6.07) is 6.58. The number of phenolic OH excluding ortho intramolecular Hbond substituents is 1. The first-order chi connectivity index (χ1) is 10.9. The number of halogens is 1. The molecular weight excluding hydrogens is 314 g/mol. The Morgan fingerprint density at radius 1 is 1.26 bits per heavy atom. The Bertz CT molecular complexity index is 689. The van der Waals surface area contributed by atoms with Gasteiger partial charge in [0.15, 0.2) is 5.82 Å². The Kier molecular flexibility index (Phi) is 5.39. The van der Waals surface area contributed by atoms with E-state index in [0.717, 1.165) is 11.6 Å². The molecule has 0 aliphatic rings. The van der Waals surface area contributed by atoms with Crippen LogP contribution in [0.25, 0.3) is 0 Å². The number of aromatic hydroxyl groups is 1. The third-order valence-electron chi connectivity index (χ3n) is 3.08. The predicted molar refractivity (Wildman–Crippen MR) is 94.8 cm³/mol. The highest BCUT2D eigenvalue weighted by Crippen LogP contribution is 2.21. The first-order valence-corrected chi connectivity index (χ1v) is 7.58. The summed E-state index contributed by atoms with van der Waals surface area (Å²) in [7, 11) is 3.84. The number of hydrogen-bond donors (Lipinski definition) is 2. The third-order valence-corrected chi connectivity index (χ3v) is 3.31. The van der Waals surface area contributed by atoms with Crippen LogP contribution in [0.1, 0.15) is 31.2 Å². The number of nitrogens with zero attached hydrogens (tertiary/aromatic N) is 4. The fraction of sp³-hybridized carbons (Fsp3) is 0.312. The summed E-state index contributed by atoms with van der Waals surface area (Å²) in [4.78, 5) is 10.8. The Hall–Kier alpha value is -2.34. The first kappa shape index (κ1) is 17.0. The average molecular weight is 334 g/mol. The van der Waals surface area contributed by atoms with Crippen molar-refractivity contribution in [1.82, 2.24) is 9.97 Å². The van der Waals surface area contributed by atoms with E-state index in [1.54, 1.807) is 18.2 Å². The lowest BCUT2D eigenvalue weighted by atomic mass is 10.2. The van der Waals surface area contributed by atoms with Crippen LogP contribution in [0, 0.1) is 0 Å². The summed E-state index contributed by atoms with van der Waals surface area (Å²) in [5.41, 5.74) is 3.39. The summed E-state index contributed by atoms with van der Waals surface area (Å²) < 4.78 is 0. The lowest BCUT2D eigenvalue weighted by Crippen LogP contribution is -2.13. The van der Waals surface area contributed by atoms with Gasteiger partial charge in [0, 0.05) is 36.7 Å². The van der Waals surface area contributed by atoms with Crippen LogP contribution in [0.15, 0.2) is 29.4 Å². The van der Waals surface area contributed by atoms with Crippen molar-refractivity contribution in [3.63, 3.8) is 0 Å². The molecule has 122 valence electrons. The smallest absolute Gasteiger partial charge is 0.152 e. The van der Waals surface area contributed by atoms with Crippen LogP contribution < -0.4 is 10.3 Å². The van der Waals surface area contributed by atoms with E-state index in [-0.39, 0.29) is 11.7 Å². The zero-order chi connectivity index (χ0) is 17.0. The van der Waals surface area contributed by atoms with E-state index in [4.69, 9.17) is 11.6 Å². The monoisotopic (exact) mass is 333 g/mol. The van der Waals surface area contributed by atoms with Crippen molar-refractivity contribution in [1.29, 1.82) is 0 Å². The molecule has 1 aromatic heterocycles. The summed E-state index contributed by atoms with van der Waals surface area (Å²) >= 11 is 5.90. The van der Waals surface area contributed by atoms with Crippen molar-refractivity contribution < 1.29 is 5.11 Å². The second-order valence-electron chi connectivity index (χ2n) is 5.59. The van der Waals surface area contributed by atoms with Crippen LogP contribution in [-0.2, 0) is 0 Å². The number of hydrazone groups is 1. The number of nitrogens with one attached hydrogen (secondary N) is 1. The van der Waals surface area contributed by atoms with Crippen molar-refractivity contribution >= 4 is 29.5 Å². The minimum Gasteiger partial charge on any atom is -0.507 e. The molecule has 0 aliphatic carbocycles. The molecule has 23 heavy (non-hydrogen) atoms. The molecule has 0 atom stereocenters. The molecule has 0 bridgehead atoms. The molecule has 0 amide bonds. The Morgan fingerprint density at radius 2 is 2.00 bits per heavy atom. The average Bonchev–Trinajstić information content (AvgIpc) is 2.50. The van der Waals surface area contributed by atoms with Crippen molar-refractivity contribution in [2.45, 2.75) is 19.8 Å². The fourth-order valence-electron chi connectivity index (χ4n) is 1.79. The number of aromatic nitrogens is 2. The molecule has 2 rings (SSSR count). The highest BCUT2D eigenvalue weighted by Gasteiger charge is 2.09. The summed E-state index contributed by atoms with van der Waals surface area (Å²) in [5.74, 6) is 2.44. The van der Waals surface area contributed by atoms with Crippen LogP contribution in [0.5, 0.6) is 5.75 Å². The van der Waals surface area contributed by atoms with Gasteiger partial charge in [0.25, 0.3) is 0 Å². The van der Waals surface area contributed by atoms with Gasteiger partial charge in [-0.25, -0.2) is 9.97 Å². The Morgan fingerprint density at radius 3 is 2.65 bits per heavy atom. The van der Waals surface area contributed by atoms with Gasteiger partial charge in [-0.15, -0.1) is 0 Å². The maximum atomic E-state index is 9.76. The molecule has 0 saturated carbocycles. The number of benzene rings is 1. The van der Waals surface area contributed by atoms with Crippen molar-refractivity contribution in [2.75, 3.05) is 24.4 Å². The molecule has 0 saturated heterocycles. The van der Waals surface area contributed by atoms with Gasteiger partial charge in [-0.3, -0.25) is 5.43 Å². The normalized spacial score (nSPS) is 11.2. The molecule has 0 radical (unpaired) electrons. The molecule has 0 unspecified atom stereocenters. The zero-order valence-electron chi connectivity index (χ0n) is 13.6. The highest BCUT2D eigenvalue weighted by atomic mass is 35.5. The standard InChI is InChI=1S/C16H20ClN5O/c1-10(2)16-19-14(8-15(20-16)22(3)4)21-18-9-11-7-12(17)5-6-13(11)23/h5-10,23H,1-4H3,(H,19,20,21)/b18-9-. The predicted octanol–water partition coefficient (Wildman–Crippen LogP) is 3.47. The highest BCUT2D eigenvalue weighted by molar-refractivity contribution is 6.30. The fourth-order valence-corrected chi connectivity index (χ4v) is 1.97. The third kappa shape index (κ3) is 4.56. The van der Waals surface area contributed by atoms with Crippen LogP contribution in [0.3, 0.4) is 0 Å². The van der Waals surface area contributed by atoms with Gasteiger partial charge in [0.2, 0.25) is 0 Å². The second kappa shape index (κ2) is 7.28. The lowest BCUT2D eigenvalue weighted by molar-refractivity contribution is 0.474. The molecule has 0 spiro atoms. The molecule has 1 aromatic carbocycles. The number of rotatable bonds is 5. The molecule has 6 nitrogen and oxygen atoms in total. The Labute approximate surface area is 140 Å². The van der Waals surface area contributed by atoms with E-state index in [0.29, 0.717) is 16.4 Å². The van der Waals surface area contributed by atoms with Gasteiger partial charge in [-0.05, 0) is 18.2 Å². The SMILES string of the molecule is CC(C)c1nc(N/N=C\c2cc(Cl)ccc2O)cc(N(C)C)n1. The van der Waals surface area contributed by atoms with Gasteiger partial charge in [0.1, 0.15) is 17.4 Å². The van der Waals surface area contributed by atoms with Gasteiger partial charge in [-0.2, -0.15) is 5.10 Å². The van der Waals surface area contributed by atoms with Gasteiger partial charge < -0.3 is 10.0 Å². The van der Waals surface area contributed by atoms with Crippen LogP contribution in [0.2, 0.25) is 5.02 Å². The van der Waals surface area contributed by atoms with E-state index >= 15 is 0 Å². The number of anilines is 2. The molecule has 7 heteroatoms. The molecule has 2 N–H and O–H groups in total. The topological polar surface area (TPSA) is 73.6 Å². The molecule has 0 fully saturated rings. The van der Waals surface area contributed by atoms with Crippen LogP contribution >= 0.6 is 11.6 Å². The lowest BCUT2D eigenvalue weighted by Gasteiger charge is -2.15. The summed E-state index contributed by atoms with van der Waals surface area (Å²) in [6.07, 6.45) is 1.49. The zero-order valence-corrected chi connectivity index (χ0v) is 14.3. The van der Waals surface area contributed by atoms with Crippen molar-refractivity contribution in [3.8, 4) is 5.75 Å². The Balaban J connectivity index is 2.22. The quantitative estimate of drug-likeness (QED) is 0.647. The summed E-state index contributed by atoms with van der Waals surface area (Å²) in [5, 5.41) is 14.4. The van der Waals surface area contributed by atoms with Crippen molar-refractivity contribution in [3.05, 3.63) is 40.7 Å². The molecular formula is C16H20ClN5O. The van der Waals surface area contributed by atoms with E-state index in [1.807, 2.05) is 32.8 Å². The molecule has 1 heterocycles. The van der Waals surface area contributed by atoms with Crippen LogP contribution in [-0.4, -0.2) is 35.4 Å². The van der Waals surface area contributed by atoms with E-state index < -0.39 is 0 Å². The largest absolute Gasteiger partial charge is 0.507 e. The first-order valence-electron chi connectivity index (χ1n) is 7.20. The second-order valence-corrected chi connectivity index (χ2v) is 6.03. The van der Waals surface area contributed by atoms with Crippen LogP contribution in [0.4, 0.5) is 11.6 Å². The van der Waals surface area contributed by atoms with E-state index in [2.05, 4.69) is 20.5 Å². The maximum absolute atomic E-state index is 9.76.